The lowest BCUT2D eigenvalue weighted by Gasteiger charge is -2.13. The normalized spacial score (nSPS) is 11.6. The third-order valence-electron chi connectivity index (χ3n) is 3.74. The van der Waals surface area contributed by atoms with Gasteiger partial charge in [0.25, 0.3) is 5.91 Å². The van der Waals surface area contributed by atoms with Crippen LogP contribution in [0.5, 0.6) is 0 Å². The molecular formula is C19H23N3O2. The molecule has 5 heteroatoms. The maximum Gasteiger partial charge on any atom is 0.251 e. The van der Waals surface area contributed by atoms with Crippen LogP contribution in [0.25, 0.3) is 0 Å². The molecule has 0 bridgehead atoms. The summed E-state index contributed by atoms with van der Waals surface area (Å²) in [4.78, 5) is 24.0. The number of rotatable bonds is 6. The van der Waals surface area contributed by atoms with E-state index in [9.17, 15) is 9.59 Å². The van der Waals surface area contributed by atoms with Crippen molar-refractivity contribution in [3.8, 4) is 0 Å². The molecule has 1 unspecified atom stereocenters. The molecule has 0 aromatic heterocycles. The SMILES string of the molecule is Cc1ccc(C(=O)NCCNC(=O)C(N)c2ccc(C)cc2)cc1. The van der Waals surface area contributed by atoms with Crippen molar-refractivity contribution in [3.05, 3.63) is 70.8 Å². The fourth-order valence-corrected chi connectivity index (χ4v) is 2.20. The minimum Gasteiger partial charge on any atom is -0.353 e. The Balaban J connectivity index is 1.75. The summed E-state index contributed by atoms with van der Waals surface area (Å²) >= 11 is 0. The fraction of sp³-hybridized carbons (Fsp3) is 0.263. The average Bonchev–Trinajstić information content (AvgIpc) is 2.59. The molecule has 5 nitrogen and oxygen atoms in total. The van der Waals surface area contributed by atoms with Crippen LogP contribution in [0.1, 0.15) is 33.1 Å². The molecule has 0 saturated heterocycles. The van der Waals surface area contributed by atoms with E-state index in [1.165, 1.54) is 0 Å². The summed E-state index contributed by atoms with van der Waals surface area (Å²) in [5, 5.41) is 5.50. The van der Waals surface area contributed by atoms with Gasteiger partial charge < -0.3 is 16.4 Å². The van der Waals surface area contributed by atoms with Gasteiger partial charge in [-0.15, -0.1) is 0 Å². The van der Waals surface area contributed by atoms with Crippen LogP contribution in [0, 0.1) is 13.8 Å². The number of hydrogen-bond donors (Lipinski definition) is 3. The summed E-state index contributed by atoms with van der Waals surface area (Å²) in [5.74, 6) is -0.421. The van der Waals surface area contributed by atoms with E-state index in [2.05, 4.69) is 10.6 Å². The molecule has 0 spiro atoms. The Labute approximate surface area is 142 Å². The van der Waals surface area contributed by atoms with Crippen molar-refractivity contribution in [1.29, 1.82) is 0 Å². The number of nitrogens with two attached hydrogens (primary N) is 1. The van der Waals surface area contributed by atoms with Crippen molar-refractivity contribution in [2.75, 3.05) is 13.1 Å². The van der Waals surface area contributed by atoms with Crippen LogP contribution in [-0.4, -0.2) is 24.9 Å². The Morgan fingerprint density at radius 3 is 1.96 bits per heavy atom. The molecule has 0 aliphatic rings. The second-order valence-corrected chi connectivity index (χ2v) is 5.80. The zero-order valence-electron chi connectivity index (χ0n) is 14.0. The smallest absolute Gasteiger partial charge is 0.251 e. The number of benzene rings is 2. The van der Waals surface area contributed by atoms with Gasteiger partial charge in [-0.05, 0) is 31.5 Å². The summed E-state index contributed by atoms with van der Waals surface area (Å²) in [5.41, 5.74) is 9.52. The van der Waals surface area contributed by atoms with E-state index >= 15 is 0 Å². The molecule has 0 saturated carbocycles. The maximum absolute atomic E-state index is 12.0. The van der Waals surface area contributed by atoms with E-state index in [0.717, 1.165) is 16.7 Å². The molecule has 0 aliphatic carbocycles. The number of hydrogen-bond acceptors (Lipinski definition) is 3. The molecule has 0 aliphatic heterocycles. The molecule has 24 heavy (non-hydrogen) atoms. The van der Waals surface area contributed by atoms with Gasteiger partial charge in [-0.25, -0.2) is 0 Å². The maximum atomic E-state index is 12.0. The van der Waals surface area contributed by atoms with E-state index < -0.39 is 6.04 Å². The summed E-state index contributed by atoms with van der Waals surface area (Å²) in [6, 6.07) is 14.1. The standard InChI is InChI=1S/C19H23N3O2/c1-13-3-7-15(8-4-13)17(20)19(24)22-12-11-21-18(23)16-9-5-14(2)6-10-16/h3-10,17H,11-12,20H2,1-2H3,(H,21,23)(H,22,24). The second kappa shape index (κ2) is 8.26. The molecule has 0 fully saturated rings. The number of nitrogens with one attached hydrogen (secondary N) is 2. The molecule has 2 aromatic rings. The van der Waals surface area contributed by atoms with Crippen LogP contribution in [0.15, 0.2) is 48.5 Å². The average molecular weight is 325 g/mol. The zero-order valence-corrected chi connectivity index (χ0v) is 14.0. The summed E-state index contributed by atoms with van der Waals surface area (Å²) in [7, 11) is 0. The van der Waals surface area contributed by atoms with Crippen molar-refractivity contribution < 1.29 is 9.59 Å². The van der Waals surface area contributed by atoms with Gasteiger partial charge in [0.2, 0.25) is 5.91 Å². The minimum absolute atomic E-state index is 0.160. The van der Waals surface area contributed by atoms with E-state index in [0.29, 0.717) is 18.7 Å². The number of amides is 2. The Hall–Kier alpha value is -2.66. The lowest BCUT2D eigenvalue weighted by molar-refractivity contribution is -0.122. The van der Waals surface area contributed by atoms with E-state index in [1.54, 1.807) is 12.1 Å². The molecule has 126 valence electrons. The lowest BCUT2D eigenvalue weighted by atomic mass is 10.1. The minimum atomic E-state index is -0.710. The predicted octanol–water partition coefficient (Wildman–Crippen LogP) is 1.85. The van der Waals surface area contributed by atoms with E-state index in [4.69, 9.17) is 5.73 Å². The molecule has 2 rings (SSSR count). The number of aryl methyl sites for hydroxylation is 2. The van der Waals surface area contributed by atoms with Crippen LogP contribution in [0.3, 0.4) is 0 Å². The first kappa shape index (κ1) is 17.7. The summed E-state index contributed by atoms with van der Waals surface area (Å²) in [6.07, 6.45) is 0. The largest absolute Gasteiger partial charge is 0.353 e. The molecule has 2 aromatic carbocycles. The van der Waals surface area contributed by atoms with Gasteiger partial charge >= 0.3 is 0 Å². The van der Waals surface area contributed by atoms with Gasteiger partial charge in [0.15, 0.2) is 0 Å². The lowest BCUT2D eigenvalue weighted by Crippen LogP contribution is -2.39. The highest BCUT2D eigenvalue weighted by Gasteiger charge is 2.15. The Kier molecular flexibility index (Phi) is 6.09. The van der Waals surface area contributed by atoms with Gasteiger partial charge in [0.1, 0.15) is 6.04 Å². The first-order valence-corrected chi connectivity index (χ1v) is 7.92. The Morgan fingerprint density at radius 2 is 1.38 bits per heavy atom. The monoisotopic (exact) mass is 325 g/mol. The number of carbonyl (C=O) groups is 2. The highest BCUT2D eigenvalue weighted by molar-refractivity contribution is 5.94. The first-order valence-electron chi connectivity index (χ1n) is 7.92. The van der Waals surface area contributed by atoms with Crippen molar-refractivity contribution >= 4 is 11.8 Å². The molecule has 4 N–H and O–H groups in total. The van der Waals surface area contributed by atoms with Crippen LogP contribution >= 0.6 is 0 Å². The molecule has 1 atom stereocenters. The van der Waals surface area contributed by atoms with Crippen LogP contribution in [-0.2, 0) is 4.79 Å². The van der Waals surface area contributed by atoms with Crippen molar-refractivity contribution in [2.45, 2.75) is 19.9 Å². The molecular weight excluding hydrogens is 302 g/mol. The fourth-order valence-electron chi connectivity index (χ4n) is 2.20. The topological polar surface area (TPSA) is 84.2 Å². The highest BCUT2D eigenvalue weighted by Crippen LogP contribution is 2.11. The van der Waals surface area contributed by atoms with Gasteiger partial charge in [0.05, 0.1) is 0 Å². The van der Waals surface area contributed by atoms with E-state index in [-0.39, 0.29) is 11.8 Å². The van der Waals surface area contributed by atoms with Crippen LogP contribution in [0.4, 0.5) is 0 Å². The Morgan fingerprint density at radius 1 is 0.875 bits per heavy atom. The third-order valence-corrected chi connectivity index (χ3v) is 3.74. The van der Waals surface area contributed by atoms with E-state index in [1.807, 2.05) is 50.2 Å². The predicted molar refractivity (Wildman–Crippen MR) is 94.6 cm³/mol. The Bertz CT molecular complexity index is 694. The first-order chi connectivity index (χ1) is 11.5. The number of carbonyl (C=O) groups excluding carboxylic acids is 2. The van der Waals surface area contributed by atoms with Gasteiger partial charge in [-0.1, -0.05) is 47.5 Å². The van der Waals surface area contributed by atoms with Crippen LogP contribution < -0.4 is 16.4 Å². The molecule has 0 radical (unpaired) electrons. The van der Waals surface area contributed by atoms with Crippen molar-refractivity contribution in [3.63, 3.8) is 0 Å². The van der Waals surface area contributed by atoms with Crippen LogP contribution in [0.2, 0.25) is 0 Å². The molecule has 2 amide bonds. The summed E-state index contributed by atoms with van der Waals surface area (Å²) in [6.45, 7) is 4.62. The highest BCUT2D eigenvalue weighted by atomic mass is 16.2. The molecule has 0 heterocycles. The zero-order chi connectivity index (χ0) is 17.5. The van der Waals surface area contributed by atoms with Crippen molar-refractivity contribution in [2.24, 2.45) is 5.73 Å². The third kappa shape index (κ3) is 4.93. The van der Waals surface area contributed by atoms with Gasteiger partial charge in [-0.3, -0.25) is 9.59 Å². The van der Waals surface area contributed by atoms with Gasteiger partial charge in [0, 0.05) is 18.7 Å². The van der Waals surface area contributed by atoms with Crippen molar-refractivity contribution in [1.82, 2.24) is 10.6 Å². The summed E-state index contributed by atoms with van der Waals surface area (Å²) < 4.78 is 0. The quantitative estimate of drug-likeness (QED) is 0.709. The van der Waals surface area contributed by atoms with Gasteiger partial charge in [-0.2, -0.15) is 0 Å². The second-order valence-electron chi connectivity index (χ2n) is 5.80.